The van der Waals surface area contributed by atoms with E-state index in [1.54, 1.807) is 24.3 Å². The van der Waals surface area contributed by atoms with Crippen LogP contribution in [0, 0.1) is 0 Å². The van der Waals surface area contributed by atoms with Gasteiger partial charge in [-0.1, -0.05) is 70.9 Å². The lowest BCUT2D eigenvalue weighted by Gasteiger charge is -1.99. The molecule has 0 atom stereocenters. The SMILES string of the molecule is O=c1nc2s/c(=C\c3ccc(Cl)cc3Cl)c(=O)n2nc1Cc1ccccc1. The van der Waals surface area contributed by atoms with Crippen LogP contribution >= 0.6 is 34.5 Å². The molecule has 0 radical (unpaired) electrons. The summed E-state index contributed by atoms with van der Waals surface area (Å²) in [6, 6.07) is 14.5. The molecule has 0 spiro atoms. The van der Waals surface area contributed by atoms with Gasteiger partial charge in [0.1, 0.15) is 5.69 Å². The van der Waals surface area contributed by atoms with E-state index in [0.29, 0.717) is 26.6 Å². The topological polar surface area (TPSA) is 64.3 Å². The number of aromatic nitrogens is 3. The third-order valence-electron chi connectivity index (χ3n) is 3.91. The lowest BCUT2D eigenvalue weighted by molar-refractivity contribution is 0.811. The molecule has 134 valence electrons. The van der Waals surface area contributed by atoms with Crippen LogP contribution in [0.4, 0.5) is 0 Å². The van der Waals surface area contributed by atoms with E-state index in [0.717, 1.165) is 16.9 Å². The van der Waals surface area contributed by atoms with E-state index in [-0.39, 0.29) is 16.2 Å². The first kappa shape index (κ1) is 17.9. The molecule has 0 saturated heterocycles. The van der Waals surface area contributed by atoms with Crippen LogP contribution in [0.2, 0.25) is 10.0 Å². The van der Waals surface area contributed by atoms with Gasteiger partial charge in [0.15, 0.2) is 0 Å². The Morgan fingerprint density at radius 1 is 1.07 bits per heavy atom. The molecule has 5 nitrogen and oxygen atoms in total. The van der Waals surface area contributed by atoms with E-state index in [1.165, 1.54) is 4.52 Å². The van der Waals surface area contributed by atoms with Crippen molar-refractivity contribution in [3.05, 3.63) is 101 Å². The molecule has 2 aromatic heterocycles. The lowest BCUT2D eigenvalue weighted by Crippen LogP contribution is -2.28. The summed E-state index contributed by atoms with van der Waals surface area (Å²) in [5.41, 5.74) is 1.02. The average molecular weight is 416 g/mol. The molecule has 0 aliphatic rings. The first-order valence-corrected chi connectivity index (χ1v) is 9.52. The highest BCUT2D eigenvalue weighted by Crippen LogP contribution is 2.21. The zero-order valence-corrected chi connectivity index (χ0v) is 16.1. The number of benzene rings is 2. The van der Waals surface area contributed by atoms with Crippen LogP contribution < -0.4 is 15.7 Å². The molecular formula is C19H11Cl2N3O2S. The number of fused-ring (bicyclic) bond motifs is 1. The van der Waals surface area contributed by atoms with Gasteiger partial charge in [0, 0.05) is 16.5 Å². The Morgan fingerprint density at radius 2 is 1.85 bits per heavy atom. The highest BCUT2D eigenvalue weighted by atomic mass is 35.5. The minimum absolute atomic E-state index is 0.227. The number of thiazole rings is 1. The predicted molar refractivity (Wildman–Crippen MR) is 108 cm³/mol. The minimum Gasteiger partial charge on any atom is -0.266 e. The Morgan fingerprint density at radius 3 is 2.59 bits per heavy atom. The molecule has 4 aromatic rings. The maximum Gasteiger partial charge on any atom is 0.296 e. The minimum atomic E-state index is -0.434. The van der Waals surface area contributed by atoms with Gasteiger partial charge in [0.05, 0.1) is 4.53 Å². The molecule has 0 amide bonds. The summed E-state index contributed by atoms with van der Waals surface area (Å²) in [6.07, 6.45) is 1.95. The molecule has 2 heterocycles. The molecule has 0 N–H and O–H groups in total. The fraction of sp³-hybridized carbons (Fsp3) is 0.0526. The van der Waals surface area contributed by atoms with Gasteiger partial charge in [-0.15, -0.1) is 0 Å². The van der Waals surface area contributed by atoms with Gasteiger partial charge in [-0.2, -0.15) is 14.6 Å². The van der Waals surface area contributed by atoms with Gasteiger partial charge in [-0.05, 0) is 29.3 Å². The Labute approximate surface area is 167 Å². The van der Waals surface area contributed by atoms with E-state index in [2.05, 4.69) is 10.1 Å². The van der Waals surface area contributed by atoms with Gasteiger partial charge in [-0.3, -0.25) is 9.59 Å². The monoisotopic (exact) mass is 415 g/mol. The van der Waals surface area contributed by atoms with Crippen molar-refractivity contribution in [3.8, 4) is 0 Å². The molecular weight excluding hydrogens is 405 g/mol. The quantitative estimate of drug-likeness (QED) is 0.515. The second-order valence-corrected chi connectivity index (χ2v) is 7.65. The molecule has 8 heteroatoms. The Bertz CT molecular complexity index is 1320. The van der Waals surface area contributed by atoms with Crippen LogP contribution in [0.1, 0.15) is 16.8 Å². The molecule has 0 aliphatic carbocycles. The summed E-state index contributed by atoms with van der Waals surface area (Å²) in [5.74, 6) is 0. The van der Waals surface area contributed by atoms with Crippen molar-refractivity contribution >= 4 is 45.6 Å². The summed E-state index contributed by atoms with van der Waals surface area (Å²) >= 11 is 13.2. The van der Waals surface area contributed by atoms with Gasteiger partial charge in [-0.25, -0.2) is 0 Å². The normalized spacial score (nSPS) is 12.0. The smallest absolute Gasteiger partial charge is 0.266 e. The Balaban J connectivity index is 1.84. The fourth-order valence-electron chi connectivity index (χ4n) is 2.60. The second-order valence-electron chi connectivity index (χ2n) is 5.80. The highest BCUT2D eigenvalue weighted by Gasteiger charge is 2.12. The number of hydrogen-bond acceptors (Lipinski definition) is 5. The fourth-order valence-corrected chi connectivity index (χ4v) is 3.96. The molecule has 27 heavy (non-hydrogen) atoms. The summed E-state index contributed by atoms with van der Waals surface area (Å²) in [7, 11) is 0. The lowest BCUT2D eigenvalue weighted by atomic mass is 10.1. The summed E-state index contributed by atoms with van der Waals surface area (Å²) < 4.78 is 1.55. The van der Waals surface area contributed by atoms with Gasteiger partial charge in [0.2, 0.25) is 4.96 Å². The molecule has 0 unspecified atom stereocenters. The van der Waals surface area contributed by atoms with Crippen LogP contribution in [0.3, 0.4) is 0 Å². The van der Waals surface area contributed by atoms with Gasteiger partial charge >= 0.3 is 0 Å². The number of nitrogens with zero attached hydrogens (tertiary/aromatic N) is 3. The largest absolute Gasteiger partial charge is 0.296 e. The van der Waals surface area contributed by atoms with Gasteiger partial charge < -0.3 is 0 Å². The van der Waals surface area contributed by atoms with Crippen LogP contribution in [0.25, 0.3) is 11.0 Å². The van der Waals surface area contributed by atoms with Crippen molar-refractivity contribution in [1.82, 2.24) is 14.6 Å². The number of rotatable bonds is 3. The Kier molecular flexibility index (Phi) is 4.78. The highest BCUT2D eigenvalue weighted by molar-refractivity contribution is 7.15. The summed E-state index contributed by atoms with van der Waals surface area (Å²) in [4.78, 5) is 29.2. The third kappa shape index (κ3) is 3.64. The zero-order chi connectivity index (χ0) is 19.0. The first-order valence-electron chi connectivity index (χ1n) is 7.95. The second kappa shape index (κ2) is 7.23. The molecule has 0 aliphatic heterocycles. The van der Waals surface area contributed by atoms with E-state index in [4.69, 9.17) is 23.2 Å². The standard InChI is InChI=1S/C19H11Cl2N3O2S/c20-13-7-6-12(14(21)10-13)9-16-18(26)24-19(27-16)22-17(25)15(23-24)8-11-4-2-1-3-5-11/h1-7,9-10H,8H2/b16-9-. The molecule has 0 fully saturated rings. The van der Waals surface area contributed by atoms with Crippen molar-refractivity contribution in [2.45, 2.75) is 6.42 Å². The summed E-state index contributed by atoms with van der Waals surface area (Å²) in [5, 5.41) is 5.17. The first-order chi connectivity index (χ1) is 13.0. The molecule has 2 aromatic carbocycles. The number of halogens is 2. The predicted octanol–water partition coefficient (Wildman–Crippen LogP) is 2.96. The van der Waals surface area contributed by atoms with Crippen LogP contribution in [-0.4, -0.2) is 14.6 Å². The zero-order valence-electron chi connectivity index (χ0n) is 13.7. The van der Waals surface area contributed by atoms with Crippen LogP contribution in [-0.2, 0) is 6.42 Å². The third-order valence-corrected chi connectivity index (χ3v) is 5.44. The molecule has 0 saturated carbocycles. The van der Waals surface area contributed by atoms with E-state index in [9.17, 15) is 9.59 Å². The van der Waals surface area contributed by atoms with Crippen molar-refractivity contribution in [3.63, 3.8) is 0 Å². The van der Waals surface area contributed by atoms with Crippen LogP contribution in [0.5, 0.6) is 0 Å². The van der Waals surface area contributed by atoms with Crippen molar-refractivity contribution < 1.29 is 0 Å². The van der Waals surface area contributed by atoms with E-state index in [1.807, 2.05) is 30.3 Å². The van der Waals surface area contributed by atoms with Gasteiger partial charge in [0.25, 0.3) is 11.1 Å². The molecule has 0 bridgehead atoms. The maximum absolute atomic E-state index is 12.7. The van der Waals surface area contributed by atoms with E-state index >= 15 is 0 Å². The number of hydrogen-bond donors (Lipinski definition) is 0. The van der Waals surface area contributed by atoms with Crippen LogP contribution in [0.15, 0.2) is 58.1 Å². The van der Waals surface area contributed by atoms with Crippen molar-refractivity contribution in [1.29, 1.82) is 0 Å². The van der Waals surface area contributed by atoms with E-state index < -0.39 is 5.56 Å². The average Bonchev–Trinajstić information content (AvgIpc) is 2.94. The Hall–Kier alpha value is -2.54. The van der Waals surface area contributed by atoms with Crippen molar-refractivity contribution in [2.24, 2.45) is 0 Å². The molecule has 4 rings (SSSR count). The van der Waals surface area contributed by atoms with Crippen molar-refractivity contribution in [2.75, 3.05) is 0 Å². The maximum atomic E-state index is 12.7. The summed E-state index contributed by atoms with van der Waals surface area (Å²) in [6.45, 7) is 0.